The van der Waals surface area contributed by atoms with Crippen molar-refractivity contribution in [2.75, 3.05) is 7.11 Å². The van der Waals surface area contributed by atoms with Gasteiger partial charge in [-0.15, -0.1) is 0 Å². The van der Waals surface area contributed by atoms with Crippen LogP contribution in [0, 0.1) is 5.92 Å². The van der Waals surface area contributed by atoms with E-state index in [1.165, 1.54) is 7.11 Å². The molecule has 1 aliphatic carbocycles. The SMILES string of the molecule is COC(=O)C1CCCC1NC(N)=O. The normalized spacial score (nSPS) is 26.8. The summed E-state index contributed by atoms with van der Waals surface area (Å²) in [5, 5.41) is 2.55. The van der Waals surface area contributed by atoms with E-state index in [1.54, 1.807) is 0 Å². The summed E-state index contributed by atoms with van der Waals surface area (Å²) >= 11 is 0. The summed E-state index contributed by atoms with van der Waals surface area (Å²) in [7, 11) is 1.35. The molecule has 0 saturated heterocycles. The molecule has 0 radical (unpaired) electrons. The standard InChI is InChI=1S/C8H14N2O3/c1-13-7(11)5-3-2-4-6(5)10-8(9)12/h5-6H,2-4H2,1H3,(H3,9,10,12). The van der Waals surface area contributed by atoms with Gasteiger partial charge in [0.15, 0.2) is 0 Å². The van der Waals surface area contributed by atoms with Gasteiger partial charge in [0.1, 0.15) is 0 Å². The van der Waals surface area contributed by atoms with Gasteiger partial charge >= 0.3 is 12.0 Å². The van der Waals surface area contributed by atoms with Crippen LogP contribution in [-0.2, 0) is 9.53 Å². The van der Waals surface area contributed by atoms with Crippen molar-refractivity contribution >= 4 is 12.0 Å². The molecule has 2 unspecified atom stereocenters. The van der Waals surface area contributed by atoms with E-state index in [-0.39, 0.29) is 17.9 Å². The zero-order valence-corrected chi connectivity index (χ0v) is 7.58. The number of primary amides is 1. The number of esters is 1. The Morgan fingerprint density at radius 1 is 1.46 bits per heavy atom. The number of carbonyl (C=O) groups is 2. The third-order valence-corrected chi connectivity index (χ3v) is 2.35. The fourth-order valence-electron chi connectivity index (χ4n) is 1.75. The van der Waals surface area contributed by atoms with Gasteiger partial charge in [-0.1, -0.05) is 6.42 Å². The van der Waals surface area contributed by atoms with E-state index in [0.717, 1.165) is 19.3 Å². The largest absolute Gasteiger partial charge is 0.469 e. The topological polar surface area (TPSA) is 81.4 Å². The van der Waals surface area contributed by atoms with Crippen molar-refractivity contribution < 1.29 is 14.3 Å². The number of amides is 2. The molecule has 5 nitrogen and oxygen atoms in total. The van der Waals surface area contributed by atoms with E-state index in [9.17, 15) is 9.59 Å². The van der Waals surface area contributed by atoms with E-state index in [4.69, 9.17) is 5.73 Å². The number of ether oxygens (including phenoxy) is 1. The highest BCUT2D eigenvalue weighted by molar-refractivity contribution is 5.76. The van der Waals surface area contributed by atoms with Crippen LogP contribution < -0.4 is 11.1 Å². The minimum atomic E-state index is -0.583. The quantitative estimate of drug-likeness (QED) is 0.595. The van der Waals surface area contributed by atoms with Crippen molar-refractivity contribution in [1.82, 2.24) is 5.32 Å². The molecule has 0 aromatic rings. The smallest absolute Gasteiger partial charge is 0.312 e. The van der Waals surface area contributed by atoms with Crippen LogP contribution in [0.4, 0.5) is 4.79 Å². The van der Waals surface area contributed by atoms with Gasteiger partial charge in [0.05, 0.1) is 13.0 Å². The zero-order valence-electron chi connectivity index (χ0n) is 7.58. The van der Waals surface area contributed by atoms with Crippen molar-refractivity contribution in [3.8, 4) is 0 Å². The number of nitrogens with one attached hydrogen (secondary N) is 1. The molecule has 0 aromatic carbocycles. The molecule has 0 bridgehead atoms. The molecule has 0 spiro atoms. The number of rotatable bonds is 2. The lowest BCUT2D eigenvalue weighted by Crippen LogP contribution is -2.43. The molecule has 5 heteroatoms. The molecule has 13 heavy (non-hydrogen) atoms. The Kier molecular flexibility index (Phi) is 3.11. The lowest BCUT2D eigenvalue weighted by atomic mass is 10.0. The Morgan fingerprint density at radius 2 is 2.15 bits per heavy atom. The van der Waals surface area contributed by atoms with E-state index < -0.39 is 6.03 Å². The van der Waals surface area contributed by atoms with Crippen LogP contribution in [-0.4, -0.2) is 25.2 Å². The third kappa shape index (κ3) is 2.34. The Labute approximate surface area is 76.6 Å². The maximum Gasteiger partial charge on any atom is 0.312 e. The van der Waals surface area contributed by atoms with Crippen LogP contribution in [0.1, 0.15) is 19.3 Å². The predicted octanol–water partition coefficient (Wildman–Crippen LogP) is -0.00360. The highest BCUT2D eigenvalue weighted by Crippen LogP contribution is 2.26. The Morgan fingerprint density at radius 3 is 2.69 bits per heavy atom. The van der Waals surface area contributed by atoms with Crippen molar-refractivity contribution in [2.45, 2.75) is 25.3 Å². The van der Waals surface area contributed by atoms with Gasteiger partial charge in [0.25, 0.3) is 0 Å². The number of hydrogen-bond acceptors (Lipinski definition) is 3. The molecule has 1 rings (SSSR count). The first-order valence-corrected chi connectivity index (χ1v) is 4.29. The summed E-state index contributed by atoms with van der Waals surface area (Å²) in [5.41, 5.74) is 4.97. The lowest BCUT2D eigenvalue weighted by Gasteiger charge is -2.17. The maximum absolute atomic E-state index is 11.2. The van der Waals surface area contributed by atoms with Gasteiger partial charge in [-0.2, -0.15) is 0 Å². The highest BCUT2D eigenvalue weighted by atomic mass is 16.5. The predicted molar refractivity (Wildman–Crippen MR) is 45.9 cm³/mol. The summed E-state index contributed by atoms with van der Waals surface area (Å²) in [4.78, 5) is 21.8. The lowest BCUT2D eigenvalue weighted by molar-refractivity contribution is -0.145. The average Bonchev–Trinajstić information content (AvgIpc) is 2.50. The van der Waals surface area contributed by atoms with Crippen LogP contribution in [0.15, 0.2) is 0 Å². The first-order chi connectivity index (χ1) is 6.15. The van der Waals surface area contributed by atoms with Gasteiger partial charge < -0.3 is 15.8 Å². The molecule has 0 aromatic heterocycles. The Balaban J connectivity index is 2.53. The number of carbonyl (C=O) groups excluding carboxylic acids is 2. The summed E-state index contributed by atoms with van der Waals surface area (Å²) in [6.45, 7) is 0. The second-order valence-corrected chi connectivity index (χ2v) is 3.18. The number of methoxy groups -OCH3 is 1. The fourth-order valence-corrected chi connectivity index (χ4v) is 1.75. The summed E-state index contributed by atoms with van der Waals surface area (Å²) < 4.78 is 4.61. The second-order valence-electron chi connectivity index (χ2n) is 3.18. The molecule has 2 amide bonds. The molecule has 0 aliphatic heterocycles. The van der Waals surface area contributed by atoms with Crippen LogP contribution in [0.3, 0.4) is 0 Å². The van der Waals surface area contributed by atoms with Crippen molar-refractivity contribution in [3.05, 3.63) is 0 Å². The highest BCUT2D eigenvalue weighted by Gasteiger charge is 2.34. The fraction of sp³-hybridized carbons (Fsp3) is 0.750. The van der Waals surface area contributed by atoms with Crippen molar-refractivity contribution in [1.29, 1.82) is 0 Å². The number of urea groups is 1. The molecular weight excluding hydrogens is 172 g/mol. The second kappa shape index (κ2) is 4.11. The first kappa shape index (κ1) is 9.83. The first-order valence-electron chi connectivity index (χ1n) is 4.29. The van der Waals surface area contributed by atoms with E-state index >= 15 is 0 Å². The molecule has 1 saturated carbocycles. The Bertz CT molecular complexity index is 217. The molecular formula is C8H14N2O3. The zero-order chi connectivity index (χ0) is 9.84. The average molecular weight is 186 g/mol. The van der Waals surface area contributed by atoms with Gasteiger partial charge in [-0.25, -0.2) is 4.79 Å². The van der Waals surface area contributed by atoms with Crippen LogP contribution in [0.25, 0.3) is 0 Å². The maximum atomic E-state index is 11.2. The van der Waals surface area contributed by atoms with Gasteiger partial charge in [0, 0.05) is 6.04 Å². The van der Waals surface area contributed by atoms with Gasteiger partial charge in [-0.3, -0.25) is 4.79 Å². The van der Waals surface area contributed by atoms with Crippen LogP contribution in [0.2, 0.25) is 0 Å². The molecule has 74 valence electrons. The molecule has 2 atom stereocenters. The molecule has 1 fully saturated rings. The Hall–Kier alpha value is -1.26. The van der Waals surface area contributed by atoms with Gasteiger partial charge in [-0.05, 0) is 12.8 Å². The number of nitrogens with two attached hydrogens (primary N) is 1. The molecule has 0 heterocycles. The van der Waals surface area contributed by atoms with Crippen molar-refractivity contribution in [2.24, 2.45) is 11.7 Å². The van der Waals surface area contributed by atoms with Crippen LogP contribution in [0.5, 0.6) is 0 Å². The van der Waals surface area contributed by atoms with Gasteiger partial charge in [0.2, 0.25) is 0 Å². The minimum Gasteiger partial charge on any atom is -0.469 e. The molecule has 1 aliphatic rings. The molecule has 3 N–H and O–H groups in total. The summed E-state index contributed by atoms with van der Waals surface area (Å²) in [6.07, 6.45) is 2.48. The summed E-state index contributed by atoms with van der Waals surface area (Å²) in [5.74, 6) is -0.492. The van der Waals surface area contributed by atoms with E-state index in [1.807, 2.05) is 0 Å². The van der Waals surface area contributed by atoms with Crippen LogP contribution >= 0.6 is 0 Å². The van der Waals surface area contributed by atoms with Crippen molar-refractivity contribution in [3.63, 3.8) is 0 Å². The minimum absolute atomic E-state index is 0.148. The van der Waals surface area contributed by atoms with E-state index in [0.29, 0.717) is 0 Å². The van der Waals surface area contributed by atoms with E-state index in [2.05, 4.69) is 10.1 Å². The third-order valence-electron chi connectivity index (χ3n) is 2.35. The summed E-state index contributed by atoms with van der Waals surface area (Å²) in [6, 6.07) is -0.731. The monoisotopic (exact) mass is 186 g/mol. The number of hydrogen-bond donors (Lipinski definition) is 2.